The maximum absolute atomic E-state index is 4.23. The summed E-state index contributed by atoms with van der Waals surface area (Å²) in [5, 5.41) is 0. The van der Waals surface area contributed by atoms with Crippen LogP contribution in [0.25, 0.3) is 0 Å². The Labute approximate surface area is 95.6 Å². The summed E-state index contributed by atoms with van der Waals surface area (Å²) in [7, 11) is 0. The molecule has 0 radical (unpaired) electrons. The van der Waals surface area contributed by atoms with Crippen molar-refractivity contribution in [3.8, 4) is 0 Å². The molecule has 2 rings (SSSR count). The fourth-order valence-corrected chi connectivity index (χ4v) is 4.21. The molecule has 1 aliphatic carbocycles. The summed E-state index contributed by atoms with van der Waals surface area (Å²) in [5.41, 5.74) is 2.15. The van der Waals surface area contributed by atoms with Gasteiger partial charge in [0, 0.05) is 0 Å². The molecule has 1 saturated carbocycles. The van der Waals surface area contributed by atoms with Crippen molar-refractivity contribution in [1.29, 1.82) is 0 Å². The zero-order valence-corrected chi connectivity index (χ0v) is 10.5. The molecule has 0 aromatic rings. The summed E-state index contributed by atoms with van der Waals surface area (Å²) in [4.78, 5) is 0. The highest BCUT2D eigenvalue weighted by molar-refractivity contribution is 6.59. The van der Waals surface area contributed by atoms with E-state index in [-0.39, 0.29) is 0 Å². The third kappa shape index (κ3) is 2.68. The van der Waals surface area contributed by atoms with E-state index in [1.54, 1.807) is 0 Å². The lowest BCUT2D eigenvalue weighted by Crippen LogP contribution is -2.38. The fourth-order valence-electron chi connectivity index (χ4n) is 4.21. The molecule has 2 aliphatic rings. The van der Waals surface area contributed by atoms with Crippen LogP contribution in [-0.4, -0.2) is 6.71 Å². The van der Waals surface area contributed by atoms with Gasteiger partial charge in [0.05, 0.1) is 0 Å². The van der Waals surface area contributed by atoms with Crippen molar-refractivity contribution in [1.82, 2.24) is 0 Å². The molecule has 2 fully saturated rings. The Morgan fingerprint density at radius 3 is 3.00 bits per heavy atom. The molecule has 2 atom stereocenters. The van der Waals surface area contributed by atoms with Crippen molar-refractivity contribution < 1.29 is 0 Å². The van der Waals surface area contributed by atoms with Crippen LogP contribution in [0.15, 0.2) is 12.2 Å². The van der Waals surface area contributed by atoms with Crippen LogP contribution in [0.2, 0.25) is 19.0 Å². The predicted octanol–water partition coefficient (Wildman–Crippen LogP) is 4.66. The predicted molar refractivity (Wildman–Crippen MR) is 69.7 cm³/mol. The van der Waals surface area contributed by atoms with Gasteiger partial charge in [-0.25, -0.2) is 0 Å². The minimum Gasteiger partial charge on any atom is -0.0998 e. The molecule has 0 aromatic carbocycles. The molecular formula is C14H25B. The highest BCUT2D eigenvalue weighted by Crippen LogP contribution is 2.51. The molecule has 84 valence electrons. The topological polar surface area (TPSA) is 0 Å². The van der Waals surface area contributed by atoms with Crippen LogP contribution in [0.1, 0.15) is 46.0 Å². The quantitative estimate of drug-likeness (QED) is 0.463. The Bertz CT molecular complexity index is 246. The minimum absolute atomic E-state index is 0.622. The number of fused-ring (bicyclic) bond motifs is 2. The molecule has 0 amide bonds. The molecule has 0 spiro atoms. The van der Waals surface area contributed by atoms with Crippen molar-refractivity contribution in [2.75, 3.05) is 0 Å². The Balaban J connectivity index is 1.96. The Kier molecular flexibility index (Phi) is 3.28. The van der Waals surface area contributed by atoms with Crippen LogP contribution < -0.4 is 0 Å². The SMILES string of the molecule is C=C1CC2CB(CCCC)CC(C)(C1)C2. The van der Waals surface area contributed by atoms with Crippen LogP contribution in [0, 0.1) is 11.3 Å². The molecule has 0 aromatic heterocycles. The van der Waals surface area contributed by atoms with Crippen LogP contribution in [0.4, 0.5) is 0 Å². The summed E-state index contributed by atoms with van der Waals surface area (Å²) < 4.78 is 0. The van der Waals surface area contributed by atoms with E-state index in [1.165, 1.54) is 56.6 Å². The summed E-state index contributed by atoms with van der Waals surface area (Å²) in [6.07, 6.45) is 11.4. The maximum Gasteiger partial charge on any atom is 0.140 e. The number of allylic oxidation sites excluding steroid dienone is 1. The lowest BCUT2D eigenvalue weighted by molar-refractivity contribution is 0.216. The molecule has 0 N–H and O–H groups in total. The molecule has 2 unspecified atom stereocenters. The molecular weight excluding hydrogens is 179 g/mol. The fraction of sp³-hybridized carbons (Fsp3) is 0.857. The first-order valence-corrected chi connectivity index (χ1v) is 6.78. The summed E-state index contributed by atoms with van der Waals surface area (Å²) in [6.45, 7) is 10.1. The van der Waals surface area contributed by atoms with E-state index in [0.717, 1.165) is 12.6 Å². The first-order chi connectivity index (χ1) is 7.11. The van der Waals surface area contributed by atoms with Gasteiger partial charge in [0.1, 0.15) is 6.71 Å². The molecule has 1 heteroatoms. The van der Waals surface area contributed by atoms with E-state index in [0.29, 0.717) is 5.41 Å². The maximum atomic E-state index is 4.23. The van der Waals surface area contributed by atoms with Crippen LogP contribution in [0.5, 0.6) is 0 Å². The van der Waals surface area contributed by atoms with Gasteiger partial charge in [0.15, 0.2) is 0 Å². The number of rotatable bonds is 3. The van der Waals surface area contributed by atoms with Gasteiger partial charge in [0.2, 0.25) is 0 Å². The monoisotopic (exact) mass is 204 g/mol. The van der Waals surface area contributed by atoms with Crippen molar-refractivity contribution in [3.05, 3.63) is 12.2 Å². The van der Waals surface area contributed by atoms with E-state index in [2.05, 4.69) is 20.4 Å². The van der Waals surface area contributed by atoms with Gasteiger partial charge in [-0.2, -0.15) is 0 Å². The van der Waals surface area contributed by atoms with E-state index < -0.39 is 0 Å². The van der Waals surface area contributed by atoms with E-state index >= 15 is 0 Å². The van der Waals surface area contributed by atoms with E-state index in [9.17, 15) is 0 Å². The second-order valence-corrected chi connectivity index (χ2v) is 6.46. The zero-order chi connectivity index (χ0) is 10.9. The lowest BCUT2D eigenvalue weighted by atomic mass is 9.31. The molecule has 0 nitrogen and oxygen atoms in total. The highest BCUT2D eigenvalue weighted by atomic mass is 14.4. The molecule has 15 heavy (non-hydrogen) atoms. The first kappa shape index (κ1) is 11.3. The minimum atomic E-state index is 0.622. The molecule has 1 saturated heterocycles. The number of hydrogen-bond acceptors (Lipinski definition) is 0. The average molecular weight is 204 g/mol. The van der Waals surface area contributed by atoms with Gasteiger partial charge in [-0.15, -0.1) is 0 Å². The van der Waals surface area contributed by atoms with Crippen molar-refractivity contribution in [3.63, 3.8) is 0 Å². The summed E-state index contributed by atoms with van der Waals surface area (Å²) in [5.74, 6) is 0.979. The second kappa shape index (κ2) is 4.35. The Hall–Kier alpha value is -0.195. The van der Waals surface area contributed by atoms with Gasteiger partial charge in [-0.3, -0.25) is 0 Å². The smallest absolute Gasteiger partial charge is 0.0998 e. The van der Waals surface area contributed by atoms with Crippen molar-refractivity contribution >= 4 is 6.71 Å². The number of hydrogen-bond donors (Lipinski definition) is 0. The Morgan fingerprint density at radius 1 is 1.53 bits per heavy atom. The normalized spacial score (nSPS) is 35.7. The van der Waals surface area contributed by atoms with Gasteiger partial charge in [-0.05, 0) is 30.6 Å². The van der Waals surface area contributed by atoms with Crippen LogP contribution in [-0.2, 0) is 0 Å². The second-order valence-electron chi connectivity index (χ2n) is 6.46. The number of unbranched alkanes of at least 4 members (excludes halogenated alkanes) is 1. The first-order valence-electron chi connectivity index (χ1n) is 6.78. The van der Waals surface area contributed by atoms with E-state index in [1.807, 2.05) is 0 Å². The zero-order valence-electron chi connectivity index (χ0n) is 10.5. The van der Waals surface area contributed by atoms with Gasteiger partial charge < -0.3 is 0 Å². The Morgan fingerprint density at radius 2 is 2.33 bits per heavy atom. The van der Waals surface area contributed by atoms with Crippen LogP contribution in [0.3, 0.4) is 0 Å². The summed E-state index contributed by atoms with van der Waals surface area (Å²) in [6, 6.07) is 0. The van der Waals surface area contributed by atoms with Gasteiger partial charge >= 0.3 is 0 Å². The molecule has 1 heterocycles. The average Bonchev–Trinajstić information content (AvgIpc) is 2.11. The summed E-state index contributed by atoms with van der Waals surface area (Å²) >= 11 is 0. The van der Waals surface area contributed by atoms with Crippen molar-refractivity contribution in [2.24, 2.45) is 11.3 Å². The third-order valence-electron chi connectivity index (χ3n) is 4.45. The highest BCUT2D eigenvalue weighted by Gasteiger charge is 2.41. The van der Waals surface area contributed by atoms with Crippen LogP contribution >= 0.6 is 0 Å². The standard InChI is InChI=1S/C14H25B/c1-4-5-6-15-10-13-7-12(2)8-14(3,9-13)11-15/h13H,2,4-11H2,1,3H3. The molecule has 1 aliphatic heterocycles. The third-order valence-corrected chi connectivity index (χ3v) is 4.45. The lowest BCUT2D eigenvalue weighted by Gasteiger charge is -2.46. The van der Waals surface area contributed by atoms with Crippen molar-refractivity contribution in [2.45, 2.75) is 64.9 Å². The van der Waals surface area contributed by atoms with Gasteiger partial charge in [-0.1, -0.05) is 57.8 Å². The van der Waals surface area contributed by atoms with E-state index in [4.69, 9.17) is 0 Å². The molecule has 2 bridgehead atoms. The largest absolute Gasteiger partial charge is 0.140 e. The van der Waals surface area contributed by atoms with Gasteiger partial charge in [0.25, 0.3) is 0 Å².